The number of nitrogens with zero attached hydrogens (tertiary/aromatic N) is 2. The second-order valence-corrected chi connectivity index (χ2v) is 19.9. The molecule has 67 heavy (non-hydrogen) atoms. The third-order valence-electron chi connectivity index (χ3n) is 12.8. The van der Waals surface area contributed by atoms with E-state index in [0.29, 0.717) is 32.6 Å². The molecule has 0 aromatic carbocycles. The van der Waals surface area contributed by atoms with Crippen LogP contribution in [0, 0.1) is 0 Å². The summed E-state index contributed by atoms with van der Waals surface area (Å²) >= 11 is 0. The molecule has 0 rings (SSSR count). The average molecular weight is 947 g/mol. The molecular formula is C58H111N3O6. The fraction of sp³-hybridized carbons (Fsp3) is 0.879. The number of unbranched alkanes of at least 4 members (excludes halogenated alkanes) is 27. The first-order valence-electron chi connectivity index (χ1n) is 28.7. The van der Waals surface area contributed by atoms with Crippen LogP contribution in [0.1, 0.15) is 264 Å². The Kier molecular flexibility index (Phi) is 51.1. The Balaban J connectivity index is 4.27. The number of hydrogen-bond acceptors (Lipinski definition) is 8. The number of amides is 1. The molecule has 1 N–H and O–H groups in total. The van der Waals surface area contributed by atoms with Crippen LogP contribution < -0.4 is 5.32 Å². The zero-order valence-electron chi connectivity index (χ0n) is 45.1. The summed E-state index contributed by atoms with van der Waals surface area (Å²) < 4.78 is 17.0. The van der Waals surface area contributed by atoms with Crippen molar-refractivity contribution in [1.29, 1.82) is 0 Å². The number of allylic oxidation sites excluding steroid dienone is 4. The lowest BCUT2D eigenvalue weighted by Gasteiger charge is -2.19. The first-order valence-corrected chi connectivity index (χ1v) is 28.7. The largest absolute Gasteiger partial charge is 0.466 e. The predicted molar refractivity (Wildman–Crippen MR) is 286 cm³/mol. The van der Waals surface area contributed by atoms with Crippen LogP contribution in [0.15, 0.2) is 24.3 Å². The number of nitrogens with one attached hydrogen (secondary N) is 1. The standard InChI is InChI=1S/C58H111N3O6/c1-6-8-10-12-14-16-18-20-22-24-26-28-30-32-38-47-56(62)65-53-42-34-36-45-55(67-58(64)59-49-44-52-61(5)51-41-40-50-60(3)4)46-37-35-43-54-66-57(63)48-39-33-31-29-27-25-23-21-19-17-15-13-11-9-7-2/h20-23,55H,6-19,24-54H2,1-5H3,(H,59,64)/b22-20-,23-21-. The molecule has 0 unspecified atom stereocenters. The molecule has 0 aliphatic heterocycles. The van der Waals surface area contributed by atoms with Gasteiger partial charge in [-0.2, -0.15) is 0 Å². The van der Waals surface area contributed by atoms with Gasteiger partial charge >= 0.3 is 18.0 Å². The second-order valence-electron chi connectivity index (χ2n) is 19.9. The van der Waals surface area contributed by atoms with E-state index in [1.54, 1.807) is 0 Å². The van der Waals surface area contributed by atoms with Crippen molar-refractivity contribution in [2.45, 2.75) is 270 Å². The van der Waals surface area contributed by atoms with E-state index in [-0.39, 0.29) is 24.1 Å². The van der Waals surface area contributed by atoms with Gasteiger partial charge in [0, 0.05) is 19.4 Å². The van der Waals surface area contributed by atoms with Gasteiger partial charge in [0.2, 0.25) is 0 Å². The van der Waals surface area contributed by atoms with Gasteiger partial charge in [0.15, 0.2) is 0 Å². The molecule has 0 fully saturated rings. The fourth-order valence-electron chi connectivity index (χ4n) is 8.41. The third-order valence-corrected chi connectivity index (χ3v) is 12.8. The van der Waals surface area contributed by atoms with Crippen molar-refractivity contribution in [3.8, 4) is 0 Å². The SMILES string of the molecule is CCCCCCCC/C=C\CCCCCCCC(=O)OCCCCCC(CCCCCOC(=O)CCCCCCC/C=C\CCCCCCCC)OC(=O)NCCCN(C)CCCCN(C)C. The van der Waals surface area contributed by atoms with Gasteiger partial charge in [-0.05, 0) is 176 Å². The minimum absolute atomic E-state index is 0.0835. The molecule has 0 saturated carbocycles. The number of carbonyl (C=O) groups excluding carboxylic acids is 3. The Morgan fingerprint density at radius 2 is 0.806 bits per heavy atom. The van der Waals surface area contributed by atoms with E-state index in [1.807, 2.05) is 0 Å². The minimum atomic E-state index is -0.340. The highest BCUT2D eigenvalue weighted by atomic mass is 16.6. The highest BCUT2D eigenvalue weighted by molar-refractivity contribution is 5.69. The van der Waals surface area contributed by atoms with Crippen molar-refractivity contribution in [2.24, 2.45) is 0 Å². The highest BCUT2D eigenvalue weighted by Crippen LogP contribution is 2.17. The van der Waals surface area contributed by atoms with Gasteiger partial charge < -0.3 is 29.3 Å². The van der Waals surface area contributed by atoms with E-state index < -0.39 is 0 Å². The van der Waals surface area contributed by atoms with Crippen molar-refractivity contribution in [3.05, 3.63) is 24.3 Å². The Morgan fingerprint density at radius 1 is 0.433 bits per heavy atom. The number of carbonyl (C=O) groups is 3. The van der Waals surface area contributed by atoms with Crippen LogP contribution in [0.25, 0.3) is 0 Å². The molecule has 9 heteroatoms. The van der Waals surface area contributed by atoms with Crippen LogP contribution in [0.2, 0.25) is 0 Å². The number of esters is 2. The smallest absolute Gasteiger partial charge is 0.407 e. The van der Waals surface area contributed by atoms with Gasteiger partial charge in [-0.25, -0.2) is 4.79 Å². The molecular weight excluding hydrogens is 835 g/mol. The van der Waals surface area contributed by atoms with Gasteiger partial charge in [0.1, 0.15) is 6.10 Å². The summed E-state index contributed by atoms with van der Waals surface area (Å²) in [5.41, 5.74) is 0. The van der Waals surface area contributed by atoms with Crippen LogP contribution in [-0.2, 0) is 23.8 Å². The Morgan fingerprint density at radius 3 is 1.24 bits per heavy atom. The Hall–Kier alpha value is -2.39. The van der Waals surface area contributed by atoms with Crippen molar-refractivity contribution >= 4 is 18.0 Å². The van der Waals surface area contributed by atoms with Crippen molar-refractivity contribution in [2.75, 3.05) is 60.5 Å². The van der Waals surface area contributed by atoms with Crippen molar-refractivity contribution < 1.29 is 28.6 Å². The summed E-state index contributed by atoms with van der Waals surface area (Å²) in [6.45, 7) is 9.16. The summed E-state index contributed by atoms with van der Waals surface area (Å²) in [4.78, 5) is 42.0. The van der Waals surface area contributed by atoms with E-state index >= 15 is 0 Å². The molecule has 0 aliphatic rings. The van der Waals surface area contributed by atoms with Gasteiger partial charge in [-0.3, -0.25) is 9.59 Å². The van der Waals surface area contributed by atoms with E-state index in [4.69, 9.17) is 14.2 Å². The molecule has 1 amide bonds. The molecule has 394 valence electrons. The number of alkyl carbamates (subject to hydrolysis) is 1. The van der Waals surface area contributed by atoms with Crippen LogP contribution >= 0.6 is 0 Å². The molecule has 0 heterocycles. The van der Waals surface area contributed by atoms with Crippen LogP contribution in [-0.4, -0.2) is 94.5 Å². The van der Waals surface area contributed by atoms with Gasteiger partial charge in [0.25, 0.3) is 0 Å². The molecule has 0 aliphatic carbocycles. The zero-order valence-corrected chi connectivity index (χ0v) is 45.1. The lowest BCUT2D eigenvalue weighted by atomic mass is 10.0. The molecule has 0 aromatic rings. The number of rotatable bonds is 52. The molecule has 0 radical (unpaired) electrons. The van der Waals surface area contributed by atoms with Crippen LogP contribution in [0.5, 0.6) is 0 Å². The summed E-state index contributed by atoms with van der Waals surface area (Å²) in [5, 5.41) is 2.98. The monoisotopic (exact) mass is 946 g/mol. The number of ether oxygens (including phenoxy) is 3. The Bertz CT molecular complexity index is 1070. The van der Waals surface area contributed by atoms with E-state index in [2.05, 4.69) is 74.4 Å². The predicted octanol–water partition coefficient (Wildman–Crippen LogP) is 16.0. The lowest BCUT2D eigenvalue weighted by Crippen LogP contribution is -2.32. The first-order chi connectivity index (χ1) is 32.8. The van der Waals surface area contributed by atoms with Crippen molar-refractivity contribution in [3.63, 3.8) is 0 Å². The molecule has 0 atom stereocenters. The van der Waals surface area contributed by atoms with Gasteiger partial charge in [-0.15, -0.1) is 0 Å². The molecule has 9 nitrogen and oxygen atoms in total. The van der Waals surface area contributed by atoms with E-state index in [9.17, 15) is 14.4 Å². The Labute approximate surface area is 415 Å². The van der Waals surface area contributed by atoms with Gasteiger partial charge in [-0.1, -0.05) is 141 Å². The average Bonchev–Trinajstić information content (AvgIpc) is 3.31. The molecule has 0 bridgehead atoms. The third kappa shape index (κ3) is 52.8. The molecule has 0 spiro atoms. The van der Waals surface area contributed by atoms with Gasteiger partial charge in [0.05, 0.1) is 13.2 Å². The molecule has 0 saturated heterocycles. The lowest BCUT2D eigenvalue weighted by molar-refractivity contribution is -0.144. The van der Waals surface area contributed by atoms with Crippen LogP contribution in [0.3, 0.4) is 0 Å². The van der Waals surface area contributed by atoms with E-state index in [1.165, 1.54) is 154 Å². The topological polar surface area (TPSA) is 97.4 Å². The maximum atomic E-state index is 12.8. The quantitative estimate of drug-likeness (QED) is 0.0279. The minimum Gasteiger partial charge on any atom is -0.466 e. The van der Waals surface area contributed by atoms with E-state index in [0.717, 1.165) is 103 Å². The summed E-state index contributed by atoms with van der Waals surface area (Å²) in [6.07, 6.45) is 52.5. The first kappa shape index (κ1) is 64.6. The van der Waals surface area contributed by atoms with Crippen molar-refractivity contribution in [1.82, 2.24) is 15.1 Å². The summed E-state index contributed by atoms with van der Waals surface area (Å²) in [5.74, 6) is -0.167. The summed E-state index contributed by atoms with van der Waals surface area (Å²) in [6, 6.07) is 0. The summed E-state index contributed by atoms with van der Waals surface area (Å²) in [7, 11) is 6.37. The maximum Gasteiger partial charge on any atom is 0.407 e. The molecule has 0 aromatic heterocycles. The maximum absolute atomic E-state index is 12.8. The normalized spacial score (nSPS) is 11.8. The number of hydrogen-bond donors (Lipinski definition) is 1. The fourth-order valence-corrected chi connectivity index (χ4v) is 8.41. The van der Waals surface area contributed by atoms with Crippen LogP contribution in [0.4, 0.5) is 4.79 Å². The zero-order chi connectivity index (χ0) is 48.9. The second kappa shape index (κ2) is 53.0. The highest BCUT2D eigenvalue weighted by Gasteiger charge is 2.15.